The van der Waals surface area contributed by atoms with Gasteiger partial charge in [0.2, 0.25) is 0 Å². The normalized spacial score (nSPS) is 20.3. The van der Waals surface area contributed by atoms with Gasteiger partial charge in [-0.1, -0.05) is 78.9 Å². The molecule has 0 aromatic heterocycles. The number of fused-ring (bicyclic) bond motifs is 1. The van der Waals surface area contributed by atoms with Crippen molar-refractivity contribution in [2.75, 3.05) is 19.6 Å². The molecule has 180 valence electrons. The summed E-state index contributed by atoms with van der Waals surface area (Å²) in [5.41, 5.74) is 3.70. The van der Waals surface area contributed by atoms with Gasteiger partial charge in [0.15, 0.2) is 0 Å². The lowest BCUT2D eigenvalue weighted by Crippen LogP contribution is -2.57. The summed E-state index contributed by atoms with van der Waals surface area (Å²) in [6.07, 6.45) is 2.41. The van der Waals surface area contributed by atoms with Crippen molar-refractivity contribution >= 4 is 30.5 Å². The minimum atomic E-state index is -0.255. The first-order valence-corrected chi connectivity index (χ1v) is 11.5. The molecule has 5 rings (SSSR count). The zero-order valence-electron chi connectivity index (χ0n) is 19.0. The van der Waals surface area contributed by atoms with Gasteiger partial charge in [-0.3, -0.25) is 19.9 Å². The Morgan fingerprint density at radius 2 is 1.44 bits per heavy atom. The van der Waals surface area contributed by atoms with E-state index in [1.807, 2.05) is 12.1 Å². The smallest absolute Gasteiger partial charge is 0.273 e. The Morgan fingerprint density at radius 3 is 2.06 bits per heavy atom. The molecule has 2 heterocycles. The van der Waals surface area contributed by atoms with Crippen molar-refractivity contribution < 1.29 is 4.92 Å². The highest BCUT2D eigenvalue weighted by molar-refractivity contribution is 5.85. The third-order valence-corrected chi connectivity index (χ3v) is 7.05. The predicted octanol–water partition coefficient (Wildman–Crippen LogP) is 5.92. The van der Waals surface area contributed by atoms with E-state index >= 15 is 0 Å². The van der Waals surface area contributed by atoms with Gasteiger partial charge in [-0.2, -0.15) is 0 Å². The van der Waals surface area contributed by atoms with Crippen LogP contribution >= 0.6 is 24.8 Å². The van der Waals surface area contributed by atoms with Crippen LogP contribution in [-0.4, -0.2) is 46.4 Å². The summed E-state index contributed by atoms with van der Waals surface area (Å²) < 4.78 is 0. The number of para-hydroxylation sites is 1. The summed E-state index contributed by atoms with van der Waals surface area (Å²) in [5, 5.41) is 11.6. The number of nitrogens with zero attached hydrogens (tertiary/aromatic N) is 3. The fourth-order valence-electron chi connectivity index (χ4n) is 5.68. The van der Waals surface area contributed by atoms with Crippen molar-refractivity contribution in [2.45, 2.75) is 37.4 Å². The number of benzene rings is 3. The molecular formula is C27H31Cl2N3O2. The fourth-order valence-corrected chi connectivity index (χ4v) is 5.68. The first-order chi connectivity index (χ1) is 15.7. The number of piperazine rings is 1. The summed E-state index contributed by atoms with van der Waals surface area (Å²) in [6, 6.07) is 29.6. The number of nitro benzene ring substituents is 1. The maximum Gasteiger partial charge on any atom is 0.273 e. The molecule has 0 N–H and O–H groups in total. The topological polar surface area (TPSA) is 49.6 Å². The molecule has 2 saturated heterocycles. The average molecular weight is 500 g/mol. The first-order valence-electron chi connectivity index (χ1n) is 11.5. The minimum Gasteiger partial charge on any atom is -0.296 e. The van der Waals surface area contributed by atoms with Gasteiger partial charge >= 0.3 is 0 Å². The molecule has 2 aliphatic rings. The van der Waals surface area contributed by atoms with E-state index in [1.54, 1.807) is 12.1 Å². The van der Waals surface area contributed by atoms with Gasteiger partial charge in [0.1, 0.15) is 0 Å². The fraction of sp³-hybridized carbons (Fsp3) is 0.333. The Morgan fingerprint density at radius 1 is 0.853 bits per heavy atom. The van der Waals surface area contributed by atoms with Crippen molar-refractivity contribution in [1.82, 2.24) is 9.80 Å². The minimum absolute atomic E-state index is 0. The summed E-state index contributed by atoms with van der Waals surface area (Å²) in [4.78, 5) is 16.5. The molecule has 7 heteroatoms. The molecule has 5 nitrogen and oxygen atoms in total. The van der Waals surface area contributed by atoms with Crippen LogP contribution in [0.4, 0.5) is 5.69 Å². The molecule has 0 amide bonds. The zero-order valence-corrected chi connectivity index (χ0v) is 20.7. The lowest BCUT2D eigenvalue weighted by molar-refractivity contribution is -0.385. The Balaban J connectivity index is 0.00000162. The van der Waals surface area contributed by atoms with Crippen LogP contribution in [0.1, 0.15) is 35.4 Å². The second-order valence-electron chi connectivity index (χ2n) is 8.98. The van der Waals surface area contributed by atoms with E-state index in [2.05, 4.69) is 70.5 Å². The molecule has 34 heavy (non-hydrogen) atoms. The van der Waals surface area contributed by atoms with Gasteiger partial charge in [0, 0.05) is 49.3 Å². The van der Waals surface area contributed by atoms with Gasteiger partial charge in [-0.05, 0) is 30.5 Å². The summed E-state index contributed by atoms with van der Waals surface area (Å²) >= 11 is 0. The number of hydrogen-bond acceptors (Lipinski definition) is 4. The van der Waals surface area contributed by atoms with Crippen LogP contribution in [0, 0.1) is 10.1 Å². The van der Waals surface area contributed by atoms with Crippen molar-refractivity contribution in [3.8, 4) is 0 Å². The number of nitro groups is 1. The van der Waals surface area contributed by atoms with Crippen LogP contribution in [0.15, 0.2) is 84.9 Å². The van der Waals surface area contributed by atoms with Crippen molar-refractivity contribution in [2.24, 2.45) is 0 Å². The molecule has 2 atom stereocenters. The van der Waals surface area contributed by atoms with Crippen LogP contribution in [-0.2, 0) is 6.54 Å². The molecule has 2 aliphatic heterocycles. The second kappa shape index (κ2) is 11.8. The number of hydrogen-bond donors (Lipinski definition) is 0. The lowest BCUT2D eigenvalue weighted by Gasteiger charge is -2.47. The number of rotatable bonds is 6. The second-order valence-corrected chi connectivity index (χ2v) is 8.98. The van der Waals surface area contributed by atoms with E-state index in [-0.39, 0.29) is 41.3 Å². The highest BCUT2D eigenvalue weighted by atomic mass is 35.5. The molecule has 3 aromatic rings. The van der Waals surface area contributed by atoms with E-state index < -0.39 is 0 Å². The summed E-state index contributed by atoms with van der Waals surface area (Å²) in [7, 11) is 0. The summed E-state index contributed by atoms with van der Waals surface area (Å²) in [5.74, 6) is 0.270. The highest BCUT2D eigenvalue weighted by Gasteiger charge is 2.42. The van der Waals surface area contributed by atoms with Crippen LogP contribution in [0.25, 0.3) is 0 Å². The average Bonchev–Trinajstić information content (AvgIpc) is 3.30. The van der Waals surface area contributed by atoms with Crippen LogP contribution in [0.2, 0.25) is 0 Å². The molecule has 3 aromatic carbocycles. The largest absolute Gasteiger partial charge is 0.296 e. The standard InChI is InChI=1S/C27H29N3O2.2ClH/c31-30(32)25-16-8-7-14-23(25)18-28-19-24-15-9-17-29(24)26(20-28)27(21-10-3-1-4-11-21)22-12-5-2-6-13-22;;/h1-8,10-14,16,24,26-27H,9,15,17-20H2;2*1H/t24-,26-;;/m0../s1. The maximum absolute atomic E-state index is 11.6. The van der Waals surface area contributed by atoms with Gasteiger partial charge in [-0.15, -0.1) is 24.8 Å². The van der Waals surface area contributed by atoms with E-state index in [9.17, 15) is 10.1 Å². The Hall–Kier alpha value is -2.44. The van der Waals surface area contributed by atoms with Gasteiger partial charge in [0.05, 0.1) is 4.92 Å². The molecule has 0 radical (unpaired) electrons. The first kappa shape index (κ1) is 26.2. The molecule has 0 spiro atoms. The van der Waals surface area contributed by atoms with Crippen molar-refractivity contribution in [3.63, 3.8) is 0 Å². The zero-order chi connectivity index (χ0) is 21.9. The van der Waals surface area contributed by atoms with E-state index in [0.29, 0.717) is 18.6 Å². The molecule has 0 unspecified atom stereocenters. The van der Waals surface area contributed by atoms with E-state index in [0.717, 1.165) is 25.2 Å². The van der Waals surface area contributed by atoms with Crippen LogP contribution < -0.4 is 0 Å². The Bertz CT molecular complexity index is 1030. The van der Waals surface area contributed by atoms with Crippen molar-refractivity contribution in [3.05, 3.63) is 112 Å². The van der Waals surface area contributed by atoms with E-state index in [1.165, 1.54) is 24.0 Å². The quantitative estimate of drug-likeness (QED) is 0.312. The molecule has 0 saturated carbocycles. The Kier molecular flexibility index (Phi) is 9.09. The monoisotopic (exact) mass is 499 g/mol. The van der Waals surface area contributed by atoms with Gasteiger partial charge in [0.25, 0.3) is 5.69 Å². The van der Waals surface area contributed by atoms with Gasteiger partial charge < -0.3 is 0 Å². The highest BCUT2D eigenvalue weighted by Crippen LogP contribution is 2.38. The van der Waals surface area contributed by atoms with Crippen LogP contribution in [0.3, 0.4) is 0 Å². The third kappa shape index (κ3) is 5.44. The predicted molar refractivity (Wildman–Crippen MR) is 141 cm³/mol. The molecule has 0 bridgehead atoms. The van der Waals surface area contributed by atoms with E-state index in [4.69, 9.17) is 0 Å². The van der Waals surface area contributed by atoms with Crippen LogP contribution in [0.5, 0.6) is 0 Å². The molecule has 2 fully saturated rings. The summed E-state index contributed by atoms with van der Waals surface area (Å²) in [6.45, 7) is 3.62. The van der Waals surface area contributed by atoms with Gasteiger partial charge in [-0.25, -0.2) is 0 Å². The third-order valence-electron chi connectivity index (χ3n) is 7.05. The van der Waals surface area contributed by atoms with Crippen molar-refractivity contribution in [1.29, 1.82) is 0 Å². The lowest BCUT2D eigenvalue weighted by atomic mass is 9.82. The molecule has 0 aliphatic carbocycles. The SMILES string of the molecule is Cl.Cl.O=[N+]([O-])c1ccccc1CN1C[C@@H]2CCCN2[C@H](C(c2ccccc2)c2ccccc2)C1. The number of halogens is 2. The Labute approximate surface area is 213 Å². The maximum atomic E-state index is 11.6. The molecular weight excluding hydrogens is 469 g/mol.